The number of halogens is 2. The van der Waals surface area contributed by atoms with E-state index < -0.39 is 27.5 Å². The summed E-state index contributed by atoms with van der Waals surface area (Å²) in [6.45, 7) is 3.94. The van der Waals surface area contributed by atoms with Crippen LogP contribution in [-0.2, 0) is 16.4 Å². The van der Waals surface area contributed by atoms with Gasteiger partial charge in [0.25, 0.3) is 11.8 Å². The molecule has 0 saturated carbocycles. The first-order valence-corrected chi connectivity index (χ1v) is 14.0. The molecule has 4 aromatic rings. The second kappa shape index (κ2) is 9.81. The van der Waals surface area contributed by atoms with Crippen LogP contribution in [0, 0.1) is 19.7 Å². The molecule has 1 N–H and O–H groups in total. The molecule has 9 heteroatoms. The topological polar surface area (TPSA) is 83.6 Å². The summed E-state index contributed by atoms with van der Waals surface area (Å²) in [6.07, 6.45) is 0. The van der Waals surface area contributed by atoms with Crippen LogP contribution in [0.15, 0.2) is 93.1 Å². The molecule has 2 amide bonds. The van der Waals surface area contributed by atoms with Gasteiger partial charge >= 0.3 is 0 Å². The van der Waals surface area contributed by atoms with Gasteiger partial charge in [-0.05, 0) is 73.5 Å². The smallest absolute Gasteiger partial charge is 0.259 e. The second-order valence-electron chi connectivity index (χ2n) is 9.08. The van der Waals surface area contributed by atoms with Gasteiger partial charge in [0.15, 0.2) is 0 Å². The number of rotatable bonds is 4. The molecular formula is C29H22BrFN2O4S. The molecule has 0 fully saturated rings. The Morgan fingerprint density at radius 1 is 0.947 bits per heavy atom. The fourth-order valence-corrected chi connectivity index (χ4v) is 6.40. The molecule has 6 nitrogen and oxygen atoms in total. The van der Waals surface area contributed by atoms with Crippen LogP contribution in [0.4, 0.5) is 15.8 Å². The van der Waals surface area contributed by atoms with Gasteiger partial charge < -0.3 is 10.2 Å². The van der Waals surface area contributed by atoms with Crippen molar-refractivity contribution in [2.45, 2.75) is 30.2 Å². The van der Waals surface area contributed by atoms with Crippen LogP contribution in [0.5, 0.6) is 0 Å². The number of anilines is 2. The highest BCUT2D eigenvalue weighted by molar-refractivity contribution is 9.10. The summed E-state index contributed by atoms with van der Waals surface area (Å²) in [5, 5.41) is 2.52. The number of nitrogens with one attached hydrogen (secondary N) is 1. The molecule has 0 unspecified atom stereocenters. The lowest BCUT2D eigenvalue weighted by Crippen LogP contribution is -2.31. The molecule has 0 aromatic heterocycles. The Labute approximate surface area is 228 Å². The molecule has 0 saturated heterocycles. The maximum absolute atomic E-state index is 14.4. The van der Waals surface area contributed by atoms with Gasteiger partial charge in [-0.2, -0.15) is 0 Å². The predicted molar refractivity (Wildman–Crippen MR) is 147 cm³/mol. The largest absolute Gasteiger partial charge is 0.319 e. The van der Waals surface area contributed by atoms with Gasteiger partial charge in [0.1, 0.15) is 5.82 Å². The minimum absolute atomic E-state index is 0.0310. The van der Waals surface area contributed by atoms with Crippen molar-refractivity contribution in [1.29, 1.82) is 0 Å². The Balaban J connectivity index is 1.66. The summed E-state index contributed by atoms with van der Waals surface area (Å²) in [7, 11) is -4.09. The van der Waals surface area contributed by atoms with E-state index in [1.54, 1.807) is 18.2 Å². The van der Waals surface area contributed by atoms with E-state index >= 15 is 0 Å². The molecule has 0 radical (unpaired) electrons. The highest BCUT2D eigenvalue weighted by Crippen LogP contribution is 2.38. The number of carbonyl (C=O) groups excluding carboxylic acids is 2. The van der Waals surface area contributed by atoms with Gasteiger partial charge in [0.2, 0.25) is 9.84 Å². The number of hydrogen-bond donors (Lipinski definition) is 1. The molecule has 0 bridgehead atoms. The lowest BCUT2D eigenvalue weighted by molar-refractivity contribution is 0.0979. The zero-order chi connectivity index (χ0) is 27.2. The van der Waals surface area contributed by atoms with Crippen molar-refractivity contribution in [1.82, 2.24) is 0 Å². The standard InChI is InChI=1S/C29H22BrFN2O4S/c1-17-7-8-18(2)20(13-17)16-33-25-14-19(28(34)32-24-11-10-21(30)15-23(24)31)9-12-27(25)38(36,37)26-6-4-3-5-22(26)29(33)35/h3-15H,16H2,1-2H3,(H,32,34). The van der Waals surface area contributed by atoms with Crippen molar-refractivity contribution >= 4 is 49.0 Å². The van der Waals surface area contributed by atoms with E-state index in [1.165, 1.54) is 47.4 Å². The molecule has 5 rings (SSSR count). The van der Waals surface area contributed by atoms with E-state index in [0.717, 1.165) is 16.7 Å². The first kappa shape index (κ1) is 25.8. The van der Waals surface area contributed by atoms with Crippen molar-refractivity contribution in [3.05, 3.63) is 117 Å². The van der Waals surface area contributed by atoms with Crippen LogP contribution >= 0.6 is 15.9 Å². The quantitative estimate of drug-likeness (QED) is 0.295. The van der Waals surface area contributed by atoms with Crippen LogP contribution in [-0.4, -0.2) is 20.2 Å². The van der Waals surface area contributed by atoms with Gasteiger partial charge in [-0.3, -0.25) is 9.59 Å². The lowest BCUT2D eigenvalue weighted by Gasteiger charge is -2.24. The third-order valence-corrected chi connectivity index (χ3v) is 8.82. The van der Waals surface area contributed by atoms with Gasteiger partial charge in [-0.25, -0.2) is 12.8 Å². The van der Waals surface area contributed by atoms with Gasteiger partial charge in [-0.1, -0.05) is 51.8 Å². The molecular weight excluding hydrogens is 571 g/mol. The van der Waals surface area contributed by atoms with Crippen molar-refractivity contribution in [2.24, 2.45) is 0 Å². The Bertz CT molecular complexity index is 1740. The first-order valence-electron chi connectivity index (χ1n) is 11.7. The number of aryl methyl sites for hydroxylation is 2. The van der Waals surface area contributed by atoms with Crippen molar-refractivity contribution < 1.29 is 22.4 Å². The molecule has 38 heavy (non-hydrogen) atoms. The van der Waals surface area contributed by atoms with Gasteiger partial charge in [0.05, 0.1) is 33.3 Å². The summed E-state index contributed by atoms with van der Waals surface area (Å²) in [5.41, 5.74) is 2.94. The Kier molecular flexibility index (Phi) is 6.66. The number of nitrogens with zero attached hydrogens (tertiary/aromatic N) is 1. The predicted octanol–water partition coefficient (Wildman–Crippen LogP) is 6.45. The van der Waals surface area contributed by atoms with Crippen LogP contribution in [0.2, 0.25) is 0 Å². The van der Waals surface area contributed by atoms with Crippen molar-refractivity contribution in [3.8, 4) is 0 Å². The van der Waals surface area contributed by atoms with E-state index in [0.29, 0.717) is 4.47 Å². The highest BCUT2D eigenvalue weighted by Gasteiger charge is 2.36. The molecule has 1 aliphatic heterocycles. The SMILES string of the molecule is Cc1ccc(C)c(CN2C(=O)c3ccccc3S(=O)(=O)c3ccc(C(=O)Nc4ccc(Br)cc4F)cc32)c1. The Hall–Kier alpha value is -3.82. The molecule has 0 spiro atoms. The average Bonchev–Trinajstić information content (AvgIpc) is 2.95. The van der Waals surface area contributed by atoms with Crippen molar-refractivity contribution in [3.63, 3.8) is 0 Å². The zero-order valence-electron chi connectivity index (χ0n) is 20.5. The minimum atomic E-state index is -4.09. The molecule has 1 heterocycles. The second-order valence-corrected chi connectivity index (χ2v) is 11.9. The zero-order valence-corrected chi connectivity index (χ0v) is 22.9. The Morgan fingerprint density at radius 3 is 2.47 bits per heavy atom. The average molecular weight is 593 g/mol. The molecule has 192 valence electrons. The molecule has 0 atom stereocenters. The van der Waals surface area contributed by atoms with Crippen LogP contribution < -0.4 is 10.2 Å². The number of amides is 2. The van der Waals surface area contributed by atoms with Crippen molar-refractivity contribution in [2.75, 3.05) is 10.2 Å². The number of hydrogen-bond acceptors (Lipinski definition) is 4. The monoisotopic (exact) mass is 592 g/mol. The normalized spacial score (nSPS) is 13.9. The van der Waals surface area contributed by atoms with E-state index in [4.69, 9.17) is 0 Å². The number of carbonyl (C=O) groups is 2. The van der Waals surface area contributed by atoms with Crippen LogP contribution in [0.25, 0.3) is 0 Å². The van der Waals surface area contributed by atoms with E-state index in [-0.39, 0.29) is 38.8 Å². The van der Waals surface area contributed by atoms with E-state index in [2.05, 4.69) is 21.2 Å². The lowest BCUT2D eigenvalue weighted by atomic mass is 10.0. The Morgan fingerprint density at radius 2 is 1.71 bits per heavy atom. The number of sulfone groups is 1. The van der Waals surface area contributed by atoms with Gasteiger partial charge in [0, 0.05) is 10.0 Å². The summed E-state index contributed by atoms with van der Waals surface area (Å²) < 4.78 is 42.3. The third-order valence-electron chi connectivity index (χ3n) is 6.47. The number of benzene rings is 4. The molecule has 1 aliphatic rings. The fourth-order valence-electron chi connectivity index (χ4n) is 4.43. The molecule has 4 aromatic carbocycles. The summed E-state index contributed by atoms with van der Waals surface area (Å²) in [6, 6.07) is 20.2. The summed E-state index contributed by atoms with van der Waals surface area (Å²) in [5.74, 6) is -1.78. The highest BCUT2D eigenvalue weighted by atomic mass is 79.9. The minimum Gasteiger partial charge on any atom is -0.319 e. The maximum atomic E-state index is 14.4. The third kappa shape index (κ3) is 4.63. The van der Waals surface area contributed by atoms with E-state index in [1.807, 2.05) is 32.0 Å². The first-order chi connectivity index (χ1) is 18.1. The fraction of sp³-hybridized carbons (Fsp3) is 0.103. The van der Waals surface area contributed by atoms with E-state index in [9.17, 15) is 22.4 Å². The maximum Gasteiger partial charge on any atom is 0.259 e. The molecule has 0 aliphatic carbocycles. The summed E-state index contributed by atoms with van der Waals surface area (Å²) in [4.78, 5) is 28.2. The number of fused-ring (bicyclic) bond motifs is 2. The van der Waals surface area contributed by atoms with Crippen LogP contribution in [0.1, 0.15) is 37.4 Å². The van der Waals surface area contributed by atoms with Gasteiger partial charge in [-0.15, -0.1) is 0 Å². The van der Waals surface area contributed by atoms with Crippen LogP contribution in [0.3, 0.4) is 0 Å². The summed E-state index contributed by atoms with van der Waals surface area (Å²) >= 11 is 3.18.